The molecule has 1 aliphatic heterocycles. The second-order valence-corrected chi connectivity index (χ2v) is 3.57. The molecule has 72 valence electrons. The van der Waals surface area contributed by atoms with E-state index in [2.05, 4.69) is 15.1 Å². The van der Waals surface area contributed by atoms with Gasteiger partial charge in [-0.1, -0.05) is 11.6 Å². The topological polar surface area (TPSA) is 52.8 Å². The SMILES string of the molecule is Clc1cnc2cnn(C3COC3)c2n1. The van der Waals surface area contributed by atoms with E-state index in [0.29, 0.717) is 18.4 Å². The minimum absolute atomic E-state index is 0.278. The molecule has 3 heterocycles. The standard InChI is InChI=1S/C8H7ClN4O/c9-7-2-10-6-1-11-13(8(6)12-7)5-3-14-4-5/h1-2,5H,3-4H2. The van der Waals surface area contributed by atoms with E-state index in [0.717, 1.165) is 11.2 Å². The molecule has 2 aromatic heterocycles. The lowest BCUT2D eigenvalue weighted by molar-refractivity contribution is -0.0269. The molecule has 2 aromatic rings. The third-order valence-corrected chi connectivity index (χ3v) is 2.42. The molecule has 6 heteroatoms. The van der Waals surface area contributed by atoms with Crippen molar-refractivity contribution in [2.24, 2.45) is 0 Å². The van der Waals surface area contributed by atoms with Crippen LogP contribution in [0.5, 0.6) is 0 Å². The summed E-state index contributed by atoms with van der Waals surface area (Å²) in [6.07, 6.45) is 3.21. The average molecular weight is 211 g/mol. The van der Waals surface area contributed by atoms with Crippen LogP contribution in [0.2, 0.25) is 5.15 Å². The zero-order chi connectivity index (χ0) is 9.54. The molecular formula is C8H7ClN4O. The molecule has 0 aliphatic carbocycles. The van der Waals surface area contributed by atoms with Crippen LogP contribution < -0.4 is 0 Å². The highest BCUT2D eigenvalue weighted by molar-refractivity contribution is 6.29. The summed E-state index contributed by atoms with van der Waals surface area (Å²) in [7, 11) is 0. The van der Waals surface area contributed by atoms with Gasteiger partial charge in [0.15, 0.2) is 5.65 Å². The van der Waals surface area contributed by atoms with Crippen LogP contribution in [-0.2, 0) is 4.74 Å². The third kappa shape index (κ3) is 1.09. The summed E-state index contributed by atoms with van der Waals surface area (Å²) in [4.78, 5) is 8.31. The maximum Gasteiger partial charge on any atom is 0.178 e. The first-order valence-electron chi connectivity index (χ1n) is 4.28. The predicted molar refractivity (Wildman–Crippen MR) is 50.2 cm³/mol. The summed E-state index contributed by atoms with van der Waals surface area (Å²) >= 11 is 5.77. The van der Waals surface area contributed by atoms with Crippen molar-refractivity contribution < 1.29 is 4.74 Å². The van der Waals surface area contributed by atoms with Crippen LogP contribution in [0.4, 0.5) is 0 Å². The Morgan fingerprint density at radius 1 is 1.43 bits per heavy atom. The lowest BCUT2D eigenvalue weighted by atomic mass is 10.3. The van der Waals surface area contributed by atoms with Crippen LogP contribution in [-0.4, -0.2) is 33.0 Å². The van der Waals surface area contributed by atoms with Crippen molar-refractivity contribution >= 4 is 22.8 Å². The minimum Gasteiger partial charge on any atom is -0.377 e. The summed E-state index contributed by atoms with van der Waals surface area (Å²) in [6.45, 7) is 1.37. The number of rotatable bonds is 1. The largest absolute Gasteiger partial charge is 0.377 e. The quantitative estimate of drug-likeness (QED) is 0.706. The van der Waals surface area contributed by atoms with Gasteiger partial charge < -0.3 is 4.74 Å². The van der Waals surface area contributed by atoms with E-state index in [9.17, 15) is 0 Å². The van der Waals surface area contributed by atoms with Gasteiger partial charge >= 0.3 is 0 Å². The van der Waals surface area contributed by atoms with Gasteiger partial charge in [-0.05, 0) is 0 Å². The first kappa shape index (κ1) is 8.14. The molecule has 1 fully saturated rings. The Hall–Kier alpha value is -1.20. The lowest BCUT2D eigenvalue weighted by Crippen LogP contribution is -2.31. The van der Waals surface area contributed by atoms with Crippen LogP contribution >= 0.6 is 11.6 Å². The number of ether oxygens (including phenoxy) is 1. The van der Waals surface area contributed by atoms with Crippen molar-refractivity contribution in [3.63, 3.8) is 0 Å². The monoisotopic (exact) mass is 210 g/mol. The van der Waals surface area contributed by atoms with Crippen molar-refractivity contribution in [2.75, 3.05) is 13.2 Å². The zero-order valence-electron chi connectivity index (χ0n) is 7.22. The van der Waals surface area contributed by atoms with Crippen molar-refractivity contribution in [3.8, 4) is 0 Å². The van der Waals surface area contributed by atoms with Crippen LogP contribution in [0.25, 0.3) is 11.2 Å². The minimum atomic E-state index is 0.278. The van der Waals surface area contributed by atoms with Crippen LogP contribution in [0, 0.1) is 0 Å². The molecule has 0 radical (unpaired) electrons. The predicted octanol–water partition coefficient (Wildman–Crippen LogP) is 1.05. The van der Waals surface area contributed by atoms with Gasteiger partial charge in [0.05, 0.1) is 25.6 Å². The van der Waals surface area contributed by atoms with Gasteiger partial charge in [-0.25, -0.2) is 14.6 Å². The van der Waals surface area contributed by atoms with E-state index in [1.54, 1.807) is 6.20 Å². The molecule has 0 amide bonds. The van der Waals surface area contributed by atoms with Crippen molar-refractivity contribution in [3.05, 3.63) is 17.5 Å². The maximum atomic E-state index is 5.77. The normalized spacial score (nSPS) is 17.2. The number of halogens is 1. The van der Waals surface area contributed by atoms with E-state index in [4.69, 9.17) is 16.3 Å². The lowest BCUT2D eigenvalue weighted by Gasteiger charge is -2.26. The highest BCUT2D eigenvalue weighted by Gasteiger charge is 2.23. The number of nitrogens with zero attached hydrogens (tertiary/aromatic N) is 4. The van der Waals surface area contributed by atoms with Gasteiger partial charge in [-0.2, -0.15) is 5.10 Å². The van der Waals surface area contributed by atoms with Gasteiger partial charge in [-0.15, -0.1) is 0 Å². The third-order valence-electron chi connectivity index (χ3n) is 2.24. The molecule has 3 rings (SSSR count). The van der Waals surface area contributed by atoms with Crippen molar-refractivity contribution in [1.82, 2.24) is 19.7 Å². The first-order valence-corrected chi connectivity index (χ1v) is 4.66. The molecular weight excluding hydrogens is 204 g/mol. The fourth-order valence-electron chi connectivity index (χ4n) is 1.43. The van der Waals surface area contributed by atoms with Gasteiger partial charge in [0.25, 0.3) is 0 Å². The fourth-order valence-corrected chi connectivity index (χ4v) is 1.56. The van der Waals surface area contributed by atoms with Gasteiger partial charge in [-0.3, -0.25) is 0 Å². The molecule has 0 saturated carbocycles. The van der Waals surface area contributed by atoms with Crippen molar-refractivity contribution in [1.29, 1.82) is 0 Å². The Labute approximate surface area is 84.7 Å². The molecule has 0 aromatic carbocycles. The fraction of sp³-hybridized carbons (Fsp3) is 0.375. The molecule has 0 bridgehead atoms. The molecule has 0 atom stereocenters. The molecule has 0 N–H and O–H groups in total. The molecule has 14 heavy (non-hydrogen) atoms. The summed E-state index contributed by atoms with van der Waals surface area (Å²) in [5.74, 6) is 0. The second-order valence-electron chi connectivity index (χ2n) is 3.18. The highest BCUT2D eigenvalue weighted by atomic mass is 35.5. The Balaban J connectivity index is 2.18. The van der Waals surface area contributed by atoms with Gasteiger partial charge in [0, 0.05) is 0 Å². The van der Waals surface area contributed by atoms with Gasteiger partial charge in [0.1, 0.15) is 16.7 Å². The Morgan fingerprint density at radius 3 is 3.00 bits per heavy atom. The van der Waals surface area contributed by atoms with E-state index in [1.807, 2.05) is 4.68 Å². The first-order chi connectivity index (χ1) is 6.84. The number of hydrogen-bond acceptors (Lipinski definition) is 4. The second kappa shape index (κ2) is 2.90. The van der Waals surface area contributed by atoms with E-state index in [1.165, 1.54) is 6.20 Å². The summed E-state index contributed by atoms with van der Waals surface area (Å²) in [6, 6.07) is 0.278. The smallest absolute Gasteiger partial charge is 0.178 e. The van der Waals surface area contributed by atoms with Crippen LogP contribution in [0.15, 0.2) is 12.4 Å². The highest BCUT2D eigenvalue weighted by Crippen LogP contribution is 2.21. The van der Waals surface area contributed by atoms with Crippen LogP contribution in [0.1, 0.15) is 6.04 Å². The Morgan fingerprint density at radius 2 is 2.29 bits per heavy atom. The molecule has 1 saturated heterocycles. The molecule has 1 aliphatic rings. The summed E-state index contributed by atoms with van der Waals surface area (Å²) in [5.41, 5.74) is 1.49. The average Bonchev–Trinajstić information content (AvgIpc) is 2.46. The molecule has 5 nitrogen and oxygen atoms in total. The number of hydrogen-bond donors (Lipinski definition) is 0. The van der Waals surface area contributed by atoms with Gasteiger partial charge in [0.2, 0.25) is 0 Å². The number of aromatic nitrogens is 4. The molecule has 0 spiro atoms. The van der Waals surface area contributed by atoms with Crippen molar-refractivity contribution in [2.45, 2.75) is 6.04 Å². The summed E-state index contributed by atoms with van der Waals surface area (Å²) in [5, 5.41) is 4.60. The van der Waals surface area contributed by atoms with E-state index >= 15 is 0 Å². The number of fused-ring (bicyclic) bond motifs is 1. The Bertz CT molecular complexity index is 479. The zero-order valence-corrected chi connectivity index (χ0v) is 7.98. The summed E-state index contributed by atoms with van der Waals surface area (Å²) < 4.78 is 6.91. The van der Waals surface area contributed by atoms with E-state index < -0.39 is 0 Å². The molecule has 0 unspecified atom stereocenters. The van der Waals surface area contributed by atoms with Crippen LogP contribution in [0.3, 0.4) is 0 Å². The maximum absolute atomic E-state index is 5.77. The van der Waals surface area contributed by atoms with E-state index in [-0.39, 0.29) is 6.04 Å². The Kier molecular flexibility index (Phi) is 1.68.